The molecular weight excluding hydrogens is 402 g/mol. The Morgan fingerprint density at radius 3 is 2.60 bits per heavy atom. The molecule has 9 heteroatoms. The fourth-order valence-electron chi connectivity index (χ4n) is 3.73. The summed E-state index contributed by atoms with van der Waals surface area (Å²) < 4.78 is 60.3. The SMILES string of the molecule is O=C(Nc1cnoc1)c1c(-c2cc(F)ccc2F)ccnc1C1CCC(F)(F)CC1. The second-order valence-corrected chi connectivity index (χ2v) is 7.24. The molecule has 1 saturated carbocycles. The monoisotopic (exact) mass is 419 g/mol. The summed E-state index contributed by atoms with van der Waals surface area (Å²) in [5.41, 5.74) is 0.563. The maximum atomic E-state index is 14.5. The molecule has 0 radical (unpaired) electrons. The molecule has 0 saturated heterocycles. The third-order valence-corrected chi connectivity index (χ3v) is 5.22. The second-order valence-electron chi connectivity index (χ2n) is 7.24. The largest absolute Gasteiger partial charge is 0.363 e. The van der Waals surface area contributed by atoms with Crippen LogP contribution in [0.3, 0.4) is 0 Å². The standard InChI is InChI=1S/C21H17F4N3O2/c22-13-1-2-17(23)16(9-13)15-5-8-26-19(12-3-6-21(24,25)7-4-12)18(15)20(29)28-14-10-27-30-11-14/h1-2,5,8-12H,3-4,6-7H2,(H,28,29). The number of hydrogen-bond acceptors (Lipinski definition) is 4. The molecule has 2 aromatic heterocycles. The van der Waals surface area contributed by atoms with Crippen LogP contribution in [0, 0.1) is 11.6 Å². The molecule has 156 valence electrons. The van der Waals surface area contributed by atoms with E-state index in [-0.39, 0.29) is 53.8 Å². The van der Waals surface area contributed by atoms with Crippen molar-refractivity contribution in [3.63, 3.8) is 0 Å². The van der Waals surface area contributed by atoms with E-state index < -0.39 is 29.4 Å². The maximum Gasteiger partial charge on any atom is 0.258 e. The van der Waals surface area contributed by atoms with Gasteiger partial charge in [-0.3, -0.25) is 9.78 Å². The van der Waals surface area contributed by atoms with E-state index in [1.807, 2.05) is 0 Å². The first-order valence-electron chi connectivity index (χ1n) is 9.37. The van der Waals surface area contributed by atoms with Crippen molar-refractivity contribution in [2.24, 2.45) is 0 Å². The van der Waals surface area contributed by atoms with Gasteiger partial charge in [-0.05, 0) is 37.1 Å². The molecule has 1 fully saturated rings. The van der Waals surface area contributed by atoms with Crippen molar-refractivity contribution < 1.29 is 26.9 Å². The normalized spacial score (nSPS) is 16.4. The van der Waals surface area contributed by atoms with Crippen LogP contribution in [0.4, 0.5) is 23.2 Å². The minimum absolute atomic E-state index is 0.0124. The van der Waals surface area contributed by atoms with Gasteiger partial charge in [0.2, 0.25) is 5.92 Å². The molecule has 0 aliphatic heterocycles. The van der Waals surface area contributed by atoms with E-state index in [0.717, 1.165) is 18.2 Å². The topological polar surface area (TPSA) is 68.0 Å². The highest BCUT2D eigenvalue weighted by Gasteiger charge is 2.37. The Balaban J connectivity index is 1.82. The summed E-state index contributed by atoms with van der Waals surface area (Å²) in [5, 5.41) is 6.08. The molecule has 3 aromatic rings. The first kappa shape index (κ1) is 20.1. The van der Waals surface area contributed by atoms with Gasteiger partial charge >= 0.3 is 0 Å². The maximum absolute atomic E-state index is 14.5. The Bertz CT molecular complexity index is 1060. The number of benzene rings is 1. The lowest BCUT2D eigenvalue weighted by Crippen LogP contribution is -2.26. The van der Waals surface area contributed by atoms with Crippen LogP contribution in [0.1, 0.15) is 47.7 Å². The number of alkyl halides is 2. The van der Waals surface area contributed by atoms with Crippen molar-refractivity contribution in [2.45, 2.75) is 37.5 Å². The van der Waals surface area contributed by atoms with Gasteiger partial charge in [0.05, 0.1) is 17.5 Å². The quantitative estimate of drug-likeness (QED) is 0.562. The van der Waals surface area contributed by atoms with E-state index in [1.54, 1.807) is 0 Å². The van der Waals surface area contributed by atoms with Crippen LogP contribution in [0.2, 0.25) is 0 Å². The highest BCUT2D eigenvalue weighted by Crippen LogP contribution is 2.42. The summed E-state index contributed by atoms with van der Waals surface area (Å²) in [4.78, 5) is 17.4. The first-order valence-corrected chi connectivity index (χ1v) is 9.37. The molecule has 2 heterocycles. The van der Waals surface area contributed by atoms with Crippen LogP contribution in [-0.2, 0) is 0 Å². The lowest BCUT2D eigenvalue weighted by atomic mass is 9.81. The van der Waals surface area contributed by atoms with Crippen LogP contribution < -0.4 is 5.32 Å². The van der Waals surface area contributed by atoms with E-state index in [0.29, 0.717) is 0 Å². The number of nitrogens with one attached hydrogen (secondary N) is 1. The van der Waals surface area contributed by atoms with Crippen molar-refractivity contribution in [3.8, 4) is 11.1 Å². The molecule has 1 amide bonds. The molecule has 0 bridgehead atoms. The summed E-state index contributed by atoms with van der Waals surface area (Å²) in [7, 11) is 0. The Labute approximate surface area is 169 Å². The van der Waals surface area contributed by atoms with Gasteiger partial charge in [0.1, 0.15) is 23.6 Å². The smallest absolute Gasteiger partial charge is 0.258 e. The number of amides is 1. The average Bonchev–Trinajstić information content (AvgIpc) is 3.22. The Hall–Kier alpha value is -3.23. The summed E-state index contributed by atoms with van der Waals surface area (Å²) in [6.45, 7) is 0. The number of carbonyl (C=O) groups is 1. The average molecular weight is 419 g/mol. The van der Waals surface area contributed by atoms with Crippen molar-refractivity contribution >= 4 is 11.6 Å². The van der Waals surface area contributed by atoms with Gasteiger partial charge in [-0.25, -0.2) is 17.6 Å². The van der Waals surface area contributed by atoms with Crippen LogP contribution in [0.5, 0.6) is 0 Å². The van der Waals surface area contributed by atoms with Gasteiger partial charge in [-0.2, -0.15) is 0 Å². The van der Waals surface area contributed by atoms with Crippen LogP contribution in [0.25, 0.3) is 11.1 Å². The minimum atomic E-state index is -2.76. The number of anilines is 1. The fraction of sp³-hybridized carbons (Fsp3) is 0.286. The van der Waals surface area contributed by atoms with Gasteiger partial charge in [-0.15, -0.1) is 0 Å². The van der Waals surface area contributed by atoms with Crippen molar-refractivity contribution in [1.29, 1.82) is 0 Å². The lowest BCUT2D eigenvalue weighted by molar-refractivity contribution is -0.0385. The molecule has 4 rings (SSSR count). The number of hydrogen-bond donors (Lipinski definition) is 1. The predicted octanol–water partition coefficient (Wildman–Crippen LogP) is 5.56. The molecule has 1 aromatic carbocycles. The second kappa shape index (κ2) is 7.89. The van der Waals surface area contributed by atoms with E-state index in [2.05, 4.69) is 15.5 Å². The molecule has 1 aliphatic rings. The molecule has 30 heavy (non-hydrogen) atoms. The zero-order chi connectivity index (χ0) is 21.3. The molecule has 5 nitrogen and oxygen atoms in total. The zero-order valence-corrected chi connectivity index (χ0v) is 15.7. The molecule has 1 N–H and O–H groups in total. The third-order valence-electron chi connectivity index (χ3n) is 5.22. The van der Waals surface area contributed by atoms with Crippen LogP contribution >= 0.6 is 0 Å². The summed E-state index contributed by atoms with van der Waals surface area (Å²) >= 11 is 0. The van der Waals surface area contributed by atoms with Gasteiger partial charge < -0.3 is 9.84 Å². The van der Waals surface area contributed by atoms with E-state index >= 15 is 0 Å². The number of carbonyl (C=O) groups excluding carboxylic acids is 1. The van der Waals surface area contributed by atoms with Gasteiger partial charge in [-0.1, -0.05) is 5.16 Å². The van der Waals surface area contributed by atoms with Gasteiger partial charge in [0, 0.05) is 36.1 Å². The molecule has 0 spiro atoms. The Kier molecular flexibility index (Phi) is 5.27. The molecule has 1 aliphatic carbocycles. The third kappa shape index (κ3) is 4.05. The predicted molar refractivity (Wildman–Crippen MR) is 100 cm³/mol. The number of halogens is 4. The van der Waals surface area contributed by atoms with Crippen LogP contribution in [0.15, 0.2) is 47.4 Å². The number of aromatic nitrogens is 2. The highest BCUT2D eigenvalue weighted by atomic mass is 19.3. The number of nitrogens with zero attached hydrogens (tertiary/aromatic N) is 2. The van der Waals surface area contributed by atoms with Crippen molar-refractivity contribution in [1.82, 2.24) is 10.1 Å². The Morgan fingerprint density at radius 1 is 1.13 bits per heavy atom. The molecular formula is C21H17F4N3O2. The van der Waals surface area contributed by atoms with Crippen molar-refractivity contribution in [2.75, 3.05) is 5.32 Å². The summed E-state index contributed by atoms with van der Waals surface area (Å²) in [6, 6.07) is 4.33. The highest BCUT2D eigenvalue weighted by molar-refractivity contribution is 6.09. The van der Waals surface area contributed by atoms with Gasteiger partial charge in [0.15, 0.2) is 0 Å². The van der Waals surface area contributed by atoms with Crippen molar-refractivity contribution in [3.05, 3.63) is 65.8 Å². The lowest BCUT2D eigenvalue weighted by Gasteiger charge is -2.29. The fourth-order valence-corrected chi connectivity index (χ4v) is 3.73. The Morgan fingerprint density at radius 2 is 1.90 bits per heavy atom. The van der Waals surface area contributed by atoms with E-state index in [4.69, 9.17) is 4.52 Å². The number of rotatable bonds is 4. The van der Waals surface area contributed by atoms with E-state index in [1.165, 1.54) is 24.7 Å². The summed E-state index contributed by atoms with van der Waals surface area (Å²) in [6.07, 6.45) is 3.45. The molecule has 0 unspecified atom stereocenters. The minimum Gasteiger partial charge on any atom is -0.363 e. The summed E-state index contributed by atoms with van der Waals surface area (Å²) in [5.74, 6) is -5.20. The molecule has 0 atom stereocenters. The van der Waals surface area contributed by atoms with E-state index in [9.17, 15) is 22.4 Å². The zero-order valence-electron chi connectivity index (χ0n) is 15.7. The van der Waals surface area contributed by atoms with Gasteiger partial charge in [0.25, 0.3) is 5.91 Å². The number of pyridine rings is 1. The van der Waals surface area contributed by atoms with Crippen LogP contribution in [-0.4, -0.2) is 22.0 Å². The first-order chi connectivity index (χ1) is 14.3.